The second-order valence-electron chi connectivity index (χ2n) is 7.72. The van der Waals surface area contributed by atoms with Crippen LogP contribution in [0.5, 0.6) is 0 Å². The van der Waals surface area contributed by atoms with Crippen molar-refractivity contribution in [1.29, 1.82) is 0 Å². The van der Waals surface area contributed by atoms with Crippen LogP contribution in [0.25, 0.3) is 0 Å². The lowest BCUT2D eigenvalue weighted by Crippen LogP contribution is -2.45. The number of nitrogens with zero attached hydrogens (tertiary/aromatic N) is 3. The predicted molar refractivity (Wildman–Crippen MR) is 110 cm³/mol. The zero-order valence-electron chi connectivity index (χ0n) is 16.5. The molecule has 2 fully saturated rings. The summed E-state index contributed by atoms with van der Waals surface area (Å²) in [6.45, 7) is 3.01. The molecule has 29 heavy (non-hydrogen) atoms. The van der Waals surface area contributed by atoms with E-state index in [1.807, 2.05) is 31.2 Å². The highest BCUT2D eigenvalue weighted by atomic mass is 32.2. The lowest BCUT2D eigenvalue weighted by Gasteiger charge is -2.33. The molecule has 4 heterocycles. The Balaban J connectivity index is 1.40. The Hall–Kier alpha value is -1.81. The molecule has 2 aliphatic heterocycles. The van der Waals surface area contributed by atoms with Crippen molar-refractivity contribution in [3.05, 3.63) is 47.1 Å². The topological polar surface area (TPSA) is 79.8 Å². The highest BCUT2D eigenvalue weighted by Gasteiger charge is 2.45. The maximum absolute atomic E-state index is 13.0. The summed E-state index contributed by atoms with van der Waals surface area (Å²) in [5, 5.41) is 1.80. The summed E-state index contributed by atoms with van der Waals surface area (Å²) < 4.78 is 33.9. The first-order valence-corrected chi connectivity index (χ1v) is 12.0. The van der Waals surface area contributed by atoms with Gasteiger partial charge in [0, 0.05) is 26.3 Å². The number of carbonyl (C=O) groups is 1. The number of piperidine rings is 1. The molecule has 156 valence electrons. The zero-order valence-corrected chi connectivity index (χ0v) is 18.2. The van der Waals surface area contributed by atoms with Crippen molar-refractivity contribution in [3.8, 4) is 0 Å². The van der Waals surface area contributed by atoms with Gasteiger partial charge < -0.3 is 9.64 Å². The Morgan fingerprint density at radius 2 is 2.21 bits per heavy atom. The summed E-state index contributed by atoms with van der Waals surface area (Å²) in [7, 11) is -1.77. The van der Waals surface area contributed by atoms with Crippen LogP contribution in [-0.4, -0.2) is 60.9 Å². The van der Waals surface area contributed by atoms with Crippen LogP contribution in [0.3, 0.4) is 0 Å². The van der Waals surface area contributed by atoms with E-state index in [4.69, 9.17) is 4.74 Å². The largest absolute Gasteiger partial charge is 0.363 e. The fraction of sp³-hybridized carbons (Fsp3) is 0.500. The molecule has 0 aromatic carbocycles. The molecule has 2 saturated heterocycles. The fourth-order valence-electron chi connectivity index (χ4n) is 4.08. The van der Waals surface area contributed by atoms with Crippen LogP contribution in [-0.2, 0) is 26.1 Å². The molecule has 0 radical (unpaired) electrons. The maximum Gasteiger partial charge on any atom is 0.252 e. The Labute approximate surface area is 175 Å². The van der Waals surface area contributed by atoms with E-state index in [-0.39, 0.29) is 17.9 Å². The molecule has 2 aromatic heterocycles. The number of amides is 1. The quantitative estimate of drug-likeness (QED) is 0.720. The Bertz CT molecular complexity index is 977. The van der Waals surface area contributed by atoms with Crippen LogP contribution in [0, 0.1) is 12.8 Å². The standard InChI is InChI=1S/C20H25N3O4S2/c1-14-7-10-28-20(14)29(25,26)23-9-6-15-11-17(27-18(15)13-23)19(24)22(2)12-16-5-3-4-8-21-16/h3-5,7-8,10,15,17-18H,6,9,11-13H2,1-2H3/t15-,17+,18+/m0/s1. The monoisotopic (exact) mass is 435 g/mol. The van der Waals surface area contributed by atoms with Crippen LogP contribution in [0.1, 0.15) is 24.1 Å². The molecule has 9 heteroatoms. The van der Waals surface area contributed by atoms with Gasteiger partial charge in [-0.05, 0) is 54.8 Å². The first kappa shape index (κ1) is 20.5. The molecule has 0 aliphatic carbocycles. The highest BCUT2D eigenvalue weighted by molar-refractivity contribution is 7.91. The Morgan fingerprint density at radius 3 is 2.90 bits per heavy atom. The van der Waals surface area contributed by atoms with Gasteiger partial charge in [0.15, 0.2) is 0 Å². The van der Waals surface area contributed by atoms with E-state index >= 15 is 0 Å². The summed E-state index contributed by atoms with van der Waals surface area (Å²) in [4.78, 5) is 18.7. The van der Waals surface area contributed by atoms with Gasteiger partial charge >= 0.3 is 0 Å². The number of hydrogen-bond donors (Lipinski definition) is 0. The molecule has 1 amide bonds. The minimum Gasteiger partial charge on any atom is -0.363 e. The minimum absolute atomic E-state index is 0.0754. The number of hydrogen-bond acceptors (Lipinski definition) is 6. The van der Waals surface area contributed by atoms with Gasteiger partial charge in [0.1, 0.15) is 10.3 Å². The first-order valence-electron chi connectivity index (χ1n) is 9.71. The molecular weight excluding hydrogens is 410 g/mol. The number of likely N-dealkylation sites (N-methyl/N-ethyl adjacent to an activating group) is 1. The average molecular weight is 436 g/mol. The maximum atomic E-state index is 13.0. The molecule has 4 rings (SSSR count). The molecule has 7 nitrogen and oxygen atoms in total. The van der Waals surface area contributed by atoms with Gasteiger partial charge in [0.05, 0.1) is 18.3 Å². The van der Waals surface area contributed by atoms with E-state index in [1.54, 1.807) is 23.5 Å². The number of aryl methyl sites for hydroxylation is 1. The molecule has 2 aromatic rings. The van der Waals surface area contributed by atoms with E-state index < -0.39 is 16.1 Å². The summed E-state index contributed by atoms with van der Waals surface area (Å²) in [6.07, 6.45) is 2.30. The van der Waals surface area contributed by atoms with E-state index in [1.165, 1.54) is 15.6 Å². The van der Waals surface area contributed by atoms with Gasteiger partial charge in [0.25, 0.3) is 15.9 Å². The number of ether oxygens (including phenoxy) is 1. The number of pyridine rings is 1. The third-order valence-corrected chi connectivity index (χ3v) is 9.21. The number of rotatable bonds is 5. The smallest absolute Gasteiger partial charge is 0.252 e. The Morgan fingerprint density at radius 1 is 1.38 bits per heavy atom. The van der Waals surface area contributed by atoms with Crippen LogP contribution in [0.4, 0.5) is 0 Å². The molecule has 2 aliphatic rings. The Kier molecular flexibility index (Phi) is 5.74. The molecule has 0 saturated carbocycles. The van der Waals surface area contributed by atoms with E-state index in [9.17, 15) is 13.2 Å². The number of sulfonamides is 1. The summed E-state index contributed by atoms with van der Waals surface area (Å²) in [6, 6.07) is 7.44. The van der Waals surface area contributed by atoms with E-state index in [2.05, 4.69) is 4.98 Å². The first-order chi connectivity index (χ1) is 13.9. The van der Waals surface area contributed by atoms with Crippen molar-refractivity contribution < 1.29 is 17.9 Å². The van der Waals surface area contributed by atoms with Gasteiger partial charge in [-0.1, -0.05) is 6.07 Å². The van der Waals surface area contributed by atoms with Crippen LogP contribution >= 0.6 is 11.3 Å². The van der Waals surface area contributed by atoms with Gasteiger partial charge in [0.2, 0.25) is 0 Å². The van der Waals surface area contributed by atoms with E-state index in [0.29, 0.717) is 36.7 Å². The zero-order chi connectivity index (χ0) is 20.6. The fourth-order valence-corrected chi connectivity index (χ4v) is 7.10. The SMILES string of the molecule is Cc1ccsc1S(=O)(=O)N1CC[C@H]2C[C@H](C(=O)N(C)Cc3ccccn3)O[C@@H]2C1. The number of thiophene rings is 1. The van der Waals surface area contributed by atoms with Crippen molar-refractivity contribution >= 4 is 27.3 Å². The normalized spacial score (nSPS) is 25.0. The van der Waals surface area contributed by atoms with Crippen molar-refractivity contribution in [2.24, 2.45) is 5.92 Å². The van der Waals surface area contributed by atoms with Crippen molar-refractivity contribution in [2.75, 3.05) is 20.1 Å². The highest BCUT2D eigenvalue weighted by Crippen LogP contribution is 2.36. The molecule has 3 atom stereocenters. The second kappa shape index (κ2) is 8.14. The van der Waals surface area contributed by atoms with Crippen molar-refractivity contribution in [1.82, 2.24) is 14.2 Å². The van der Waals surface area contributed by atoms with E-state index in [0.717, 1.165) is 11.3 Å². The summed E-state index contributed by atoms with van der Waals surface area (Å²) >= 11 is 1.25. The van der Waals surface area contributed by atoms with Gasteiger partial charge in [-0.3, -0.25) is 9.78 Å². The van der Waals surface area contributed by atoms with Gasteiger partial charge in [-0.25, -0.2) is 8.42 Å². The van der Waals surface area contributed by atoms with Gasteiger partial charge in [-0.15, -0.1) is 11.3 Å². The number of fused-ring (bicyclic) bond motifs is 1. The molecule has 0 spiro atoms. The third-order valence-electron chi connectivity index (χ3n) is 5.68. The second-order valence-corrected chi connectivity index (χ2v) is 10.8. The van der Waals surface area contributed by atoms with Crippen molar-refractivity contribution in [2.45, 2.75) is 42.7 Å². The lowest BCUT2D eigenvalue weighted by atomic mass is 9.92. The van der Waals surface area contributed by atoms with Crippen molar-refractivity contribution in [3.63, 3.8) is 0 Å². The predicted octanol–water partition coefficient (Wildman–Crippen LogP) is 2.28. The molecule has 0 bridgehead atoms. The average Bonchev–Trinajstić information content (AvgIpc) is 3.33. The summed E-state index contributed by atoms with van der Waals surface area (Å²) in [5.74, 6) is 0.136. The van der Waals surface area contributed by atoms with Crippen LogP contribution < -0.4 is 0 Å². The minimum atomic E-state index is -3.51. The third kappa shape index (κ3) is 4.09. The molecular formula is C20H25N3O4S2. The molecule has 0 unspecified atom stereocenters. The number of carbonyl (C=O) groups excluding carboxylic acids is 1. The van der Waals surface area contributed by atoms with Crippen LogP contribution in [0.15, 0.2) is 40.1 Å². The lowest BCUT2D eigenvalue weighted by molar-refractivity contribution is -0.142. The number of aromatic nitrogens is 1. The summed E-state index contributed by atoms with van der Waals surface area (Å²) in [5.41, 5.74) is 1.59. The van der Waals surface area contributed by atoms with Crippen LogP contribution in [0.2, 0.25) is 0 Å². The van der Waals surface area contributed by atoms with Gasteiger partial charge in [-0.2, -0.15) is 4.31 Å². The molecule has 0 N–H and O–H groups in total.